The Balaban J connectivity index is 3.05. The van der Waals surface area contributed by atoms with E-state index in [2.05, 4.69) is 20.7 Å². The van der Waals surface area contributed by atoms with Crippen LogP contribution >= 0.6 is 27.5 Å². The highest BCUT2D eigenvalue weighted by atomic mass is 79.9. The highest BCUT2D eigenvalue weighted by Gasteiger charge is 2.10. The minimum Gasteiger partial charge on any atom is -0.469 e. The van der Waals surface area contributed by atoms with Crippen molar-refractivity contribution in [2.24, 2.45) is 0 Å². The van der Waals surface area contributed by atoms with Crippen LogP contribution in [0.4, 0.5) is 0 Å². The number of esters is 1. The summed E-state index contributed by atoms with van der Waals surface area (Å²) in [5.41, 5.74) is 1.08. The Labute approximate surface area is 100 Å². The standard InChI is InChI=1S/C10H8BrClO3/c1-15-10(14)4-6-3-9(12)7(5-13)2-8(6)11/h2-3,5H,4H2,1H3. The molecule has 1 aromatic rings. The molecule has 0 amide bonds. The third-order valence-electron chi connectivity index (χ3n) is 1.86. The molecule has 0 heterocycles. The van der Waals surface area contributed by atoms with E-state index < -0.39 is 0 Å². The van der Waals surface area contributed by atoms with Gasteiger partial charge in [-0.25, -0.2) is 0 Å². The molecule has 0 aliphatic carbocycles. The molecule has 0 atom stereocenters. The van der Waals surface area contributed by atoms with Gasteiger partial charge in [0, 0.05) is 10.0 Å². The van der Waals surface area contributed by atoms with Gasteiger partial charge in [-0.1, -0.05) is 27.5 Å². The quantitative estimate of drug-likeness (QED) is 0.635. The number of hydrogen-bond acceptors (Lipinski definition) is 3. The van der Waals surface area contributed by atoms with E-state index in [0.29, 0.717) is 26.9 Å². The van der Waals surface area contributed by atoms with Crippen LogP contribution in [0.25, 0.3) is 0 Å². The van der Waals surface area contributed by atoms with Crippen molar-refractivity contribution in [3.05, 3.63) is 32.8 Å². The maximum Gasteiger partial charge on any atom is 0.310 e. The normalized spacial score (nSPS) is 9.80. The van der Waals surface area contributed by atoms with Gasteiger partial charge in [-0.05, 0) is 17.7 Å². The first-order valence-corrected chi connectivity index (χ1v) is 5.25. The maximum absolute atomic E-state index is 11.0. The smallest absolute Gasteiger partial charge is 0.310 e. The van der Waals surface area contributed by atoms with Crippen LogP contribution in [0.1, 0.15) is 15.9 Å². The molecular formula is C10H8BrClO3. The van der Waals surface area contributed by atoms with E-state index in [1.165, 1.54) is 7.11 Å². The highest BCUT2D eigenvalue weighted by molar-refractivity contribution is 9.10. The predicted molar refractivity (Wildman–Crippen MR) is 60.3 cm³/mol. The van der Waals surface area contributed by atoms with Gasteiger partial charge in [0.2, 0.25) is 0 Å². The summed E-state index contributed by atoms with van der Waals surface area (Å²) in [6.07, 6.45) is 0.783. The van der Waals surface area contributed by atoms with E-state index in [-0.39, 0.29) is 12.4 Å². The summed E-state index contributed by atoms with van der Waals surface area (Å²) in [6, 6.07) is 3.15. The summed E-state index contributed by atoms with van der Waals surface area (Å²) in [7, 11) is 1.32. The average Bonchev–Trinajstić information content (AvgIpc) is 2.22. The van der Waals surface area contributed by atoms with Crippen molar-refractivity contribution in [1.82, 2.24) is 0 Å². The van der Waals surface area contributed by atoms with Crippen LogP contribution in [0, 0.1) is 0 Å². The van der Waals surface area contributed by atoms with Gasteiger partial charge in [0.1, 0.15) is 0 Å². The lowest BCUT2D eigenvalue weighted by molar-refractivity contribution is -0.139. The molecule has 0 radical (unpaired) electrons. The third kappa shape index (κ3) is 3.04. The Hall–Kier alpha value is -0.870. The number of halogens is 2. The minimum absolute atomic E-state index is 0.121. The summed E-state index contributed by atoms with van der Waals surface area (Å²) in [5.74, 6) is -0.356. The van der Waals surface area contributed by atoms with Crippen LogP contribution in [-0.4, -0.2) is 19.4 Å². The zero-order chi connectivity index (χ0) is 11.4. The molecule has 0 fully saturated rings. The lowest BCUT2D eigenvalue weighted by atomic mass is 10.1. The molecule has 0 aromatic heterocycles. The number of ether oxygens (including phenoxy) is 1. The second-order valence-corrected chi connectivity index (χ2v) is 4.10. The summed E-state index contributed by atoms with van der Waals surface area (Å²) in [6.45, 7) is 0. The number of benzene rings is 1. The number of carbonyl (C=O) groups excluding carboxylic acids is 2. The fourth-order valence-corrected chi connectivity index (χ4v) is 1.79. The number of carbonyl (C=O) groups is 2. The van der Waals surface area contributed by atoms with E-state index >= 15 is 0 Å². The molecule has 3 nitrogen and oxygen atoms in total. The molecule has 1 aromatic carbocycles. The highest BCUT2D eigenvalue weighted by Crippen LogP contribution is 2.25. The Bertz CT molecular complexity index is 404. The first kappa shape index (κ1) is 12.2. The lowest BCUT2D eigenvalue weighted by Crippen LogP contribution is -2.05. The summed E-state index contributed by atoms with van der Waals surface area (Å²) >= 11 is 9.08. The SMILES string of the molecule is COC(=O)Cc1cc(Cl)c(C=O)cc1Br. The first-order valence-electron chi connectivity index (χ1n) is 4.08. The monoisotopic (exact) mass is 290 g/mol. The largest absolute Gasteiger partial charge is 0.469 e. The van der Waals surface area contributed by atoms with E-state index in [9.17, 15) is 9.59 Å². The van der Waals surface area contributed by atoms with Crippen LogP contribution in [0.2, 0.25) is 5.02 Å². The van der Waals surface area contributed by atoms with Gasteiger partial charge < -0.3 is 4.74 Å². The number of rotatable bonds is 3. The molecule has 5 heteroatoms. The summed E-state index contributed by atoms with van der Waals surface area (Å²) < 4.78 is 5.20. The van der Waals surface area contributed by atoms with Crippen molar-refractivity contribution in [3.8, 4) is 0 Å². The second-order valence-electron chi connectivity index (χ2n) is 2.84. The zero-order valence-corrected chi connectivity index (χ0v) is 10.3. The van der Waals surface area contributed by atoms with E-state index in [0.717, 1.165) is 0 Å². The van der Waals surface area contributed by atoms with Gasteiger partial charge in [0.15, 0.2) is 6.29 Å². The first-order chi connectivity index (χ1) is 7.08. The number of aldehydes is 1. The number of hydrogen-bond donors (Lipinski definition) is 0. The van der Waals surface area contributed by atoms with Crippen LogP contribution in [0.15, 0.2) is 16.6 Å². The molecule has 0 saturated carbocycles. The van der Waals surface area contributed by atoms with Gasteiger partial charge in [-0.15, -0.1) is 0 Å². The van der Waals surface area contributed by atoms with Crippen molar-refractivity contribution < 1.29 is 14.3 Å². The minimum atomic E-state index is -0.356. The van der Waals surface area contributed by atoms with Crippen LogP contribution in [0.5, 0.6) is 0 Å². The van der Waals surface area contributed by atoms with E-state index in [1.807, 2.05) is 0 Å². The molecule has 0 aliphatic rings. The molecule has 0 N–H and O–H groups in total. The van der Waals surface area contributed by atoms with Crippen molar-refractivity contribution in [2.45, 2.75) is 6.42 Å². The summed E-state index contributed by atoms with van der Waals surface area (Å²) in [5, 5.41) is 0.326. The Morgan fingerprint density at radius 3 is 2.80 bits per heavy atom. The predicted octanol–water partition coefficient (Wildman–Crippen LogP) is 2.63. The van der Waals surface area contributed by atoms with E-state index in [1.54, 1.807) is 12.1 Å². The molecule has 0 aliphatic heterocycles. The van der Waals surface area contributed by atoms with Crippen LogP contribution in [0.3, 0.4) is 0 Å². The molecule has 0 saturated heterocycles. The molecule has 0 bridgehead atoms. The van der Waals surface area contributed by atoms with Gasteiger partial charge in [-0.3, -0.25) is 9.59 Å². The van der Waals surface area contributed by atoms with E-state index in [4.69, 9.17) is 11.6 Å². The summed E-state index contributed by atoms with van der Waals surface area (Å²) in [4.78, 5) is 21.6. The number of methoxy groups -OCH3 is 1. The van der Waals surface area contributed by atoms with Gasteiger partial charge >= 0.3 is 5.97 Å². The fraction of sp³-hybridized carbons (Fsp3) is 0.200. The Kier molecular flexibility index (Phi) is 4.29. The molecule has 0 spiro atoms. The van der Waals surface area contributed by atoms with Gasteiger partial charge in [-0.2, -0.15) is 0 Å². The molecular weight excluding hydrogens is 283 g/mol. The van der Waals surface area contributed by atoms with Crippen LogP contribution in [-0.2, 0) is 16.0 Å². The Morgan fingerprint density at radius 1 is 1.60 bits per heavy atom. The molecule has 80 valence electrons. The molecule has 0 unspecified atom stereocenters. The van der Waals surface area contributed by atoms with Crippen LogP contribution < -0.4 is 0 Å². The van der Waals surface area contributed by atoms with Crippen molar-refractivity contribution in [2.75, 3.05) is 7.11 Å². The zero-order valence-electron chi connectivity index (χ0n) is 7.92. The second kappa shape index (κ2) is 5.28. The lowest BCUT2D eigenvalue weighted by Gasteiger charge is -2.05. The molecule has 15 heavy (non-hydrogen) atoms. The van der Waals surface area contributed by atoms with Crippen molar-refractivity contribution >= 4 is 39.8 Å². The maximum atomic E-state index is 11.0. The Morgan fingerprint density at radius 2 is 2.27 bits per heavy atom. The average molecular weight is 292 g/mol. The molecule has 1 rings (SSSR count). The van der Waals surface area contributed by atoms with Gasteiger partial charge in [0.25, 0.3) is 0 Å². The van der Waals surface area contributed by atoms with Crippen molar-refractivity contribution in [1.29, 1.82) is 0 Å². The third-order valence-corrected chi connectivity index (χ3v) is 2.92. The van der Waals surface area contributed by atoms with Crippen molar-refractivity contribution in [3.63, 3.8) is 0 Å². The topological polar surface area (TPSA) is 43.4 Å². The fourth-order valence-electron chi connectivity index (χ4n) is 1.06. The van der Waals surface area contributed by atoms with Gasteiger partial charge in [0.05, 0.1) is 18.6 Å².